The minimum Gasteiger partial charge on any atom is -0.497 e. The van der Waals surface area contributed by atoms with Crippen LogP contribution in [-0.2, 0) is 17.5 Å². The number of aromatic nitrogens is 2. The summed E-state index contributed by atoms with van der Waals surface area (Å²) in [5.74, 6) is 0.680. The Morgan fingerprint density at radius 3 is 2.39 bits per heavy atom. The summed E-state index contributed by atoms with van der Waals surface area (Å²) in [7, 11) is 1.59. The maximum atomic E-state index is 13.0. The van der Waals surface area contributed by atoms with Crippen molar-refractivity contribution in [1.82, 2.24) is 14.7 Å². The van der Waals surface area contributed by atoms with Gasteiger partial charge in [0, 0.05) is 56.5 Å². The highest BCUT2D eigenvalue weighted by molar-refractivity contribution is 5.76. The molecule has 1 aliphatic heterocycles. The molecule has 0 spiro atoms. The summed E-state index contributed by atoms with van der Waals surface area (Å²) in [5, 5.41) is 4.43. The summed E-state index contributed by atoms with van der Waals surface area (Å²) in [6.07, 6.45) is -3.69. The number of benzene rings is 2. The number of carbonyl (C=O) groups excluding carboxylic acids is 1. The zero-order chi connectivity index (χ0) is 25.7. The first kappa shape index (κ1) is 25.3. The van der Waals surface area contributed by atoms with Crippen molar-refractivity contribution >= 4 is 11.6 Å². The van der Waals surface area contributed by atoms with Gasteiger partial charge in [0.05, 0.1) is 18.4 Å². The third kappa shape index (κ3) is 6.05. The summed E-state index contributed by atoms with van der Waals surface area (Å²) in [6.45, 7) is 2.08. The third-order valence-corrected chi connectivity index (χ3v) is 6.18. The van der Waals surface area contributed by atoms with E-state index in [1.165, 1.54) is 16.8 Å². The average molecular weight is 501 g/mol. The van der Waals surface area contributed by atoms with E-state index in [1.54, 1.807) is 24.1 Å². The predicted octanol–water partition coefficient (Wildman–Crippen LogP) is 4.07. The molecule has 1 aromatic heterocycles. The van der Waals surface area contributed by atoms with Gasteiger partial charge >= 0.3 is 6.18 Å². The number of nitrogens with zero attached hydrogens (tertiary/aromatic N) is 4. The van der Waals surface area contributed by atoms with Gasteiger partial charge < -0.3 is 14.5 Å². The molecule has 7 nitrogen and oxygen atoms in total. The van der Waals surface area contributed by atoms with Crippen LogP contribution < -0.4 is 15.2 Å². The Labute approximate surface area is 206 Å². The molecular formula is C26H27F3N4O3. The minimum absolute atomic E-state index is 0.0435. The van der Waals surface area contributed by atoms with E-state index in [-0.39, 0.29) is 17.9 Å². The van der Waals surface area contributed by atoms with Crippen LogP contribution in [0, 0.1) is 0 Å². The molecule has 190 valence electrons. The highest BCUT2D eigenvalue weighted by Gasteiger charge is 2.31. The van der Waals surface area contributed by atoms with Gasteiger partial charge in [-0.3, -0.25) is 9.59 Å². The molecular weight excluding hydrogens is 473 g/mol. The fraction of sp³-hybridized carbons (Fsp3) is 0.346. The normalized spacial score (nSPS) is 14.1. The fourth-order valence-electron chi connectivity index (χ4n) is 4.16. The van der Waals surface area contributed by atoms with Gasteiger partial charge in [-0.15, -0.1) is 0 Å². The Morgan fingerprint density at radius 1 is 1.00 bits per heavy atom. The number of rotatable bonds is 7. The quantitative estimate of drug-likeness (QED) is 0.490. The number of hydrogen-bond donors (Lipinski definition) is 0. The Bertz CT molecular complexity index is 1250. The lowest BCUT2D eigenvalue weighted by atomic mass is 10.1. The lowest BCUT2D eigenvalue weighted by molar-refractivity contribution is -0.137. The summed E-state index contributed by atoms with van der Waals surface area (Å²) in [6, 6.07) is 15.7. The summed E-state index contributed by atoms with van der Waals surface area (Å²) in [5.41, 5.74) is 1.07. The van der Waals surface area contributed by atoms with Crippen molar-refractivity contribution in [3.8, 4) is 17.0 Å². The van der Waals surface area contributed by atoms with E-state index in [9.17, 15) is 22.8 Å². The van der Waals surface area contributed by atoms with E-state index < -0.39 is 11.7 Å². The first-order valence-electron chi connectivity index (χ1n) is 11.7. The van der Waals surface area contributed by atoms with Gasteiger partial charge in [0.15, 0.2) is 0 Å². The lowest BCUT2D eigenvalue weighted by Crippen LogP contribution is -2.48. The molecule has 2 heterocycles. The van der Waals surface area contributed by atoms with Gasteiger partial charge in [-0.05, 0) is 55.0 Å². The fourth-order valence-corrected chi connectivity index (χ4v) is 4.16. The second-order valence-corrected chi connectivity index (χ2v) is 8.53. The van der Waals surface area contributed by atoms with Crippen LogP contribution in [0.3, 0.4) is 0 Å². The van der Waals surface area contributed by atoms with Gasteiger partial charge in [0.1, 0.15) is 5.75 Å². The molecule has 1 saturated heterocycles. The van der Waals surface area contributed by atoms with Crippen molar-refractivity contribution < 1.29 is 22.7 Å². The van der Waals surface area contributed by atoms with Gasteiger partial charge in [-0.25, -0.2) is 4.68 Å². The smallest absolute Gasteiger partial charge is 0.416 e. The Hall–Kier alpha value is -3.82. The monoisotopic (exact) mass is 500 g/mol. The number of piperazine rings is 1. The van der Waals surface area contributed by atoms with Crippen molar-refractivity contribution in [1.29, 1.82) is 0 Å². The van der Waals surface area contributed by atoms with Crippen LogP contribution >= 0.6 is 0 Å². The molecule has 2 aromatic carbocycles. The number of anilines is 1. The number of alkyl halides is 3. The van der Waals surface area contributed by atoms with Gasteiger partial charge in [-0.2, -0.15) is 18.3 Å². The highest BCUT2D eigenvalue weighted by Crippen LogP contribution is 2.32. The maximum Gasteiger partial charge on any atom is 0.416 e. The number of methoxy groups -OCH3 is 1. The number of carbonyl (C=O) groups is 1. The van der Waals surface area contributed by atoms with Crippen LogP contribution in [0.25, 0.3) is 11.3 Å². The van der Waals surface area contributed by atoms with Crippen molar-refractivity contribution in [2.75, 3.05) is 38.2 Å². The van der Waals surface area contributed by atoms with Crippen LogP contribution in [0.4, 0.5) is 18.9 Å². The van der Waals surface area contributed by atoms with Crippen LogP contribution in [0.15, 0.2) is 65.5 Å². The number of halogens is 3. The molecule has 3 aromatic rings. The van der Waals surface area contributed by atoms with Gasteiger partial charge in [0.25, 0.3) is 5.56 Å². The van der Waals surface area contributed by atoms with E-state index in [2.05, 4.69) is 5.10 Å². The maximum absolute atomic E-state index is 13.0. The predicted molar refractivity (Wildman–Crippen MR) is 130 cm³/mol. The molecule has 1 amide bonds. The van der Waals surface area contributed by atoms with E-state index >= 15 is 0 Å². The molecule has 4 rings (SSSR count). The number of hydrogen-bond acceptors (Lipinski definition) is 5. The van der Waals surface area contributed by atoms with E-state index in [0.29, 0.717) is 50.5 Å². The van der Waals surface area contributed by atoms with Crippen molar-refractivity contribution in [3.63, 3.8) is 0 Å². The van der Waals surface area contributed by atoms with Crippen LogP contribution in [-0.4, -0.2) is 53.9 Å². The largest absolute Gasteiger partial charge is 0.497 e. The number of aryl methyl sites for hydroxylation is 1. The van der Waals surface area contributed by atoms with E-state index in [1.807, 2.05) is 29.2 Å². The van der Waals surface area contributed by atoms with Crippen LogP contribution in [0.5, 0.6) is 5.75 Å². The molecule has 0 N–H and O–H groups in total. The molecule has 0 aliphatic carbocycles. The second kappa shape index (κ2) is 10.8. The summed E-state index contributed by atoms with van der Waals surface area (Å²) in [4.78, 5) is 28.5. The molecule has 0 radical (unpaired) electrons. The highest BCUT2D eigenvalue weighted by atomic mass is 19.4. The number of amides is 1. The molecule has 0 saturated carbocycles. The SMILES string of the molecule is COc1ccc(-c2ccc(=O)n(CCCC(=O)N3CCN(c4cccc(C(F)(F)F)c4)CC3)n2)cc1. The zero-order valence-electron chi connectivity index (χ0n) is 19.9. The standard InChI is InChI=1S/C26H27F3N4O3/c1-36-22-9-7-19(8-10-22)23-11-12-25(35)33(30-23)13-3-6-24(34)32-16-14-31(15-17-32)21-5-2-4-20(18-21)26(27,28)29/h2,4-5,7-12,18H,3,6,13-17H2,1H3. The molecule has 1 aliphatic rings. The first-order valence-corrected chi connectivity index (χ1v) is 11.7. The summed E-state index contributed by atoms with van der Waals surface area (Å²) < 4.78 is 45.5. The molecule has 0 unspecified atom stereocenters. The first-order chi connectivity index (χ1) is 17.2. The average Bonchev–Trinajstić information content (AvgIpc) is 2.89. The zero-order valence-corrected chi connectivity index (χ0v) is 19.9. The Balaban J connectivity index is 1.29. The molecule has 10 heteroatoms. The summed E-state index contributed by atoms with van der Waals surface area (Å²) >= 11 is 0. The van der Waals surface area contributed by atoms with Gasteiger partial charge in [-0.1, -0.05) is 6.07 Å². The van der Waals surface area contributed by atoms with Crippen LogP contribution in [0.1, 0.15) is 18.4 Å². The van der Waals surface area contributed by atoms with Crippen LogP contribution in [0.2, 0.25) is 0 Å². The van der Waals surface area contributed by atoms with Gasteiger partial charge in [0.2, 0.25) is 5.91 Å². The lowest BCUT2D eigenvalue weighted by Gasteiger charge is -2.36. The van der Waals surface area contributed by atoms with Crippen molar-refractivity contribution in [3.05, 3.63) is 76.6 Å². The van der Waals surface area contributed by atoms with E-state index in [4.69, 9.17) is 4.74 Å². The Kier molecular flexibility index (Phi) is 7.61. The molecule has 0 atom stereocenters. The molecule has 36 heavy (non-hydrogen) atoms. The molecule has 0 bridgehead atoms. The second-order valence-electron chi connectivity index (χ2n) is 8.53. The topological polar surface area (TPSA) is 67.7 Å². The van der Waals surface area contributed by atoms with Crippen molar-refractivity contribution in [2.45, 2.75) is 25.6 Å². The minimum atomic E-state index is -4.39. The van der Waals surface area contributed by atoms with E-state index in [0.717, 1.165) is 23.4 Å². The Morgan fingerprint density at radius 2 is 1.72 bits per heavy atom. The molecule has 1 fully saturated rings. The van der Waals surface area contributed by atoms with Crippen molar-refractivity contribution in [2.24, 2.45) is 0 Å². The third-order valence-electron chi connectivity index (χ3n) is 6.18. The number of ether oxygens (including phenoxy) is 1.